The highest BCUT2D eigenvalue weighted by Gasteiger charge is 2.08. The molecule has 0 bridgehead atoms. The van der Waals surface area contributed by atoms with Crippen LogP contribution in [-0.2, 0) is 0 Å². The number of hydrogen-bond donors (Lipinski definition) is 0. The normalized spacial score (nSPS) is 11.2. The topological polar surface area (TPSA) is 12.9 Å². The third-order valence-electron chi connectivity index (χ3n) is 3.52. The molecule has 0 atom stereocenters. The third kappa shape index (κ3) is 2.41. The maximum atomic E-state index is 6.45. The van der Waals surface area contributed by atoms with E-state index in [0.29, 0.717) is 5.92 Å². The summed E-state index contributed by atoms with van der Waals surface area (Å²) < 4.78 is 0. The molecule has 2 heteroatoms. The van der Waals surface area contributed by atoms with E-state index < -0.39 is 0 Å². The van der Waals surface area contributed by atoms with Crippen molar-refractivity contribution in [2.45, 2.75) is 19.8 Å². The Morgan fingerprint density at radius 1 is 0.950 bits per heavy atom. The van der Waals surface area contributed by atoms with Crippen LogP contribution in [0.3, 0.4) is 0 Å². The maximum Gasteiger partial charge on any atom is 0.0724 e. The standard InChI is InChI=1S/C18H16ClN/c1-12(2)14-8-9-17-15(10-14)16(19)11-18(20-17)13-6-4-3-5-7-13/h3-12H,1-2H3. The molecule has 0 aliphatic carbocycles. The highest BCUT2D eigenvalue weighted by Crippen LogP contribution is 2.30. The lowest BCUT2D eigenvalue weighted by Gasteiger charge is -2.09. The molecule has 0 saturated carbocycles. The minimum absolute atomic E-state index is 0.490. The number of pyridine rings is 1. The molecule has 0 spiro atoms. The van der Waals surface area contributed by atoms with Gasteiger partial charge in [-0.1, -0.05) is 61.8 Å². The van der Waals surface area contributed by atoms with Gasteiger partial charge in [0.2, 0.25) is 0 Å². The fourth-order valence-corrected chi connectivity index (χ4v) is 2.57. The van der Waals surface area contributed by atoms with E-state index in [1.165, 1.54) is 5.56 Å². The second kappa shape index (κ2) is 5.26. The molecule has 3 aromatic rings. The Balaban J connectivity index is 2.18. The van der Waals surface area contributed by atoms with E-state index in [0.717, 1.165) is 27.2 Å². The minimum atomic E-state index is 0.490. The number of benzene rings is 2. The Hall–Kier alpha value is -1.86. The summed E-state index contributed by atoms with van der Waals surface area (Å²) in [6, 6.07) is 18.4. The van der Waals surface area contributed by atoms with Gasteiger partial charge in [0, 0.05) is 10.9 Å². The second-order valence-corrected chi connectivity index (χ2v) is 5.69. The summed E-state index contributed by atoms with van der Waals surface area (Å²) in [5.74, 6) is 0.490. The Morgan fingerprint density at radius 2 is 1.70 bits per heavy atom. The first-order chi connectivity index (χ1) is 9.65. The van der Waals surface area contributed by atoms with Gasteiger partial charge < -0.3 is 0 Å². The van der Waals surface area contributed by atoms with Crippen LogP contribution >= 0.6 is 11.6 Å². The van der Waals surface area contributed by atoms with Crippen LogP contribution in [0.25, 0.3) is 22.2 Å². The van der Waals surface area contributed by atoms with Crippen molar-refractivity contribution < 1.29 is 0 Å². The van der Waals surface area contributed by atoms with E-state index in [1.54, 1.807) is 0 Å². The Kier molecular flexibility index (Phi) is 3.45. The minimum Gasteiger partial charge on any atom is -0.248 e. The van der Waals surface area contributed by atoms with E-state index in [-0.39, 0.29) is 0 Å². The molecule has 0 radical (unpaired) electrons. The van der Waals surface area contributed by atoms with Gasteiger partial charge in [0.15, 0.2) is 0 Å². The monoisotopic (exact) mass is 281 g/mol. The molecule has 1 nitrogen and oxygen atoms in total. The summed E-state index contributed by atoms with van der Waals surface area (Å²) in [7, 11) is 0. The highest BCUT2D eigenvalue weighted by atomic mass is 35.5. The van der Waals surface area contributed by atoms with Gasteiger partial charge in [0.05, 0.1) is 16.2 Å². The zero-order valence-corrected chi connectivity index (χ0v) is 12.4. The summed E-state index contributed by atoms with van der Waals surface area (Å²) in [5.41, 5.74) is 4.24. The molecule has 0 amide bonds. The molecule has 0 aliphatic heterocycles. The molecule has 0 fully saturated rings. The molecule has 0 N–H and O–H groups in total. The Labute approximate surface area is 124 Å². The number of rotatable bonds is 2. The largest absolute Gasteiger partial charge is 0.248 e. The van der Waals surface area contributed by atoms with Crippen molar-refractivity contribution in [1.82, 2.24) is 4.98 Å². The van der Waals surface area contributed by atoms with E-state index >= 15 is 0 Å². The van der Waals surface area contributed by atoms with Gasteiger partial charge in [0.1, 0.15) is 0 Å². The number of aromatic nitrogens is 1. The zero-order valence-electron chi connectivity index (χ0n) is 11.6. The lowest BCUT2D eigenvalue weighted by Crippen LogP contribution is -1.90. The van der Waals surface area contributed by atoms with Crippen LogP contribution in [0.5, 0.6) is 0 Å². The fourth-order valence-electron chi connectivity index (χ4n) is 2.32. The van der Waals surface area contributed by atoms with Crippen molar-refractivity contribution in [2.75, 3.05) is 0 Å². The summed E-state index contributed by atoms with van der Waals surface area (Å²) in [5, 5.41) is 1.79. The highest BCUT2D eigenvalue weighted by molar-refractivity contribution is 6.35. The van der Waals surface area contributed by atoms with Gasteiger partial charge in [-0.25, -0.2) is 4.98 Å². The summed E-state index contributed by atoms with van der Waals surface area (Å²) in [6.45, 7) is 4.36. The maximum absolute atomic E-state index is 6.45. The van der Waals surface area contributed by atoms with Crippen molar-refractivity contribution in [2.24, 2.45) is 0 Å². The average Bonchev–Trinajstić information content (AvgIpc) is 2.47. The summed E-state index contributed by atoms with van der Waals surface area (Å²) >= 11 is 6.45. The van der Waals surface area contributed by atoms with Crippen LogP contribution < -0.4 is 0 Å². The first-order valence-corrected chi connectivity index (χ1v) is 7.18. The van der Waals surface area contributed by atoms with Gasteiger partial charge in [-0.05, 0) is 29.7 Å². The van der Waals surface area contributed by atoms with Crippen LogP contribution in [0.2, 0.25) is 5.02 Å². The molecule has 20 heavy (non-hydrogen) atoms. The third-order valence-corrected chi connectivity index (χ3v) is 3.83. The lowest BCUT2D eigenvalue weighted by atomic mass is 10.0. The van der Waals surface area contributed by atoms with Gasteiger partial charge in [-0.3, -0.25) is 0 Å². The molecule has 1 aromatic heterocycles. The van der Waals surface area contributed by atoms with E-state index in [1.807, 2.05) is 36.4 Å². The van der Waals surface area contributed by atoms with Crippen molar-refractivity contribution in [3.05, 3.63) is 65.2 Å². The van der Waals surface area contributed by atoms with E-state index in [4.69, 9.17) is 16.6 Å². The van der Waals surface area contributed by atoms with Gasteiger partial charge >= 0.3 is 0 Å². The average molecular weight is 282 g/mol. The number of hydrogen-bond acceptors (Lipinski definition) is 1. The molecule has 0 saturated heterocycles. The molecule has 100 valence electrons. The van der Waals surface area contributed by atoms with Crippen LogP contribution in [0, 0.1) is 0 Å². The molecular formula is C18H16ClN. The van der Waals surface area contributed by atoms with Crippen molar-refractivity contribution in [1.29, 1.82) is 0 Å². The molecule has 0 unspecified atom stereocenters. The molecule has 3 rings (SSSR count). The van der Waals surface area contributed by atoms with Gasteiger partial charge in [0.25, 0.3) is 0 Å². The summed E-state index contributed by atoms with van der Waals surface area (Å²) in [6.07, 6.45) is 0. The van der Waals surface area contributed by atoms with Crippen molar-refractivity contribution in [3.63, 3.8) is 0 Å². The molecular weight excluding hydrogens is 266 g/mol. The molecule has 0 aliphatic rings. The Morgan fingerprint density at radius 3 is 2.40 bits per heavy atom. The molecule has 1 heterocycles. The number of halogens is 1. The second-order valence-electron chi connectivity index (χ2n) is 5.29. The van der Waals surface area contributed by atoms with Crippen LogP contribution in [0.1, 0.15) is 25.3 Å². The van der Waals surface area contributed by atoms with Gasteiger partial charge in [-0.15, -0.1) is 0 Å². The zero-order chi connectivity index (χ0) is 14.1. The number of fused-ring (bicyclic) bond motifs is 1. The van der Waals surface area contributed by atoms with Gasteiger partial charge in [-0.2, -0.15) is 0 Å². The van der Waals surface area contributed by atoms with Crippen molar-refractivity contribution in [3.8, 4) is 11.3 Å². The first kappa shape index (κ1) is 13.1. The number of nitrogens with zero attached hydrogens (tertiary/aromatic N) is 1. The van der Waals surface area contributed by atoms with Crippen LogP contribution in [-0.4, -0.2) is 4.98 Å². The van der Waals surface area contributed by atoms with Crippen LogP contribution in [0.15, 0.2) is 54.6 Å². The quantitative estimate of drug-likeness (QED) is 0.589. The smallest absolute Gasteiger partial charge is 0.0724 e. The Bertz CT molecular complexity index is 748. The SMILES string of the molecule is CC(C)c1ccc2nc(-c3ccccc3)cc(Cl)c2c1. The molecule has 2 aromatic carbocycles. The van der Waals surface area contributed by atoms with E-state index in [9.17, 15) is 0 Å². The first-order valence-electron chi connectivity index (χ1n) is 6.81. The van der Waals surface area contributed by atoms with Crippen LogP contribution in [0.4, 0.5) is 0 Å². The fraction of sp³-hybridized carbons (Fsp3) is 0.167. The predicted octanol–water partition coefficient (Wildman–Crippen LogP) is 5.68. The summed E-state index contributed by atoms with van der Waals surface area (Å²) in [4.78, 5) is 4.72. The van der Waals surface area contributed by atoms with Crippen molar-refractivity contribution >= 4 is 22.5 Å². The predicted molar refractivity (Wildman–Crippen MR) is 86.3 cm³/mol. The van der Waals surface area contributed by atoms with E-state index in [2.05, 4.69) is 32.0 Å². The lowest BCUT2D eigenvalue weighted by molar-refractivity contribution is 0.868.